The number of pyridine rings is 1. The summed E-state index contributed by atoms with van der Waals surface area (Å²) in [6.07, 6.45) is 4.93. The number of ketones is 1. The topological polar surface area (TPSA) is 85.4 Å². The number of carbonyl (C=O) groups excluding carboxylic acids is 3. The Labute approximate surface area is 104 Å². The predicted octanol–water partition coefficient (Wildman–Crippen LogP) is -0.00390. The van der Waals surface area contributed by atoms with Crippen molar-refractivity contribution >= 4 is 17.7 Å². The van der Waals surface area contributed by atoms with Crippen LogP contribution in [0.5, 0.6) is 0 Å². The van der Waals surface area contributed by atoms with E-state index in [0.717, 1.165) is 17.7 Å². The van der Waals surface area contributed by atoms with Crippen molar-refractivity contribution < 1.29 is 19.1 Å². The van der Waals surface area contributed by atoms with E-state index in [1.807, 2.05) is 0 Å². The Kier molecular flexibility index (Phi) is 5.24. The monoisotopic (exact) mass is 248 g/mol. The molecule has 6 nitrogen and oxygen atoms in total. The number of hydrogen-bond donors (Lipinski definition) is 1. The third kappa shape index (κ3) is 4.56. The average molecular weight is 248 g/mol. The standard InChI is InChI=1S/C12H12N2O4/c1-18-11(16)3-2-10(15)12(17)14-8-9-4-6-13-7-5-9/h2-7H,8H2,1H3,(H,14,17)/b3-2+. The van der Waals surface area contributed by atoms with Crippen LogP contribution in [0.25, 0.3) is 0 Å². The molecule has 1 aromatic rings. The molecule has 0 atom stereocenters. The second-order valence-electron chi connectivity index (χ2n) is 3.26. The highest BCUT2D eigenvalue weighted by Crippen LogP contribution is 1.94. The molecule has 0 radical (unpaired) electrons. The van der Waals surface area contributed by atoms with Gasteiger partial charge >= 0.3 is 5.97 Å². The molecule has 0 saturated heterocycles. The van der Waals surface area contributed by atoms with E-state index in [0.29, 0.717) is 0 Å². The Morgan fingerprint density at radius 3 is 2.56 bits per heavy atom. The van der Waals surface area contributed by atoms with Gasteiger partial charge in [0.15, 0.2) is 0 Å². The van der Waals surface area contributed by atoms with Gasteiger partial charge in [-0.15, -0.1) is 0 Å². The van der Waals surface area contributed by atoms with Crippen LogP contribution in [0.4, 0.5) is 0 Å². The van der Waals surface area contributed by atoms with Gasteiger partial charge in [0.05, 0.1) is 7.11 Å². The third-order valence-electron chi connectivity index (χ3n) is 2.00. The van der Waals surface area contributed by atoms with E-state index in [9.17, 15) is 14.4 Å². The van der Waals surface area contributed by atoms with Crippen LogP contribution in [-0.4, -0.2) is 29.8 Å². The van der Waals surface area contributed by atoms with Crippen molar-refractivity contribution in [3.63, 3.8) is 0 Å². The highest BCUT2D eigenvalue weighted by molar-refractivity contribution is 6.41. The summed E-state index contributed by atoms with van der Waals surface area (Å²) in [7, 11) is 1.18. The van der Waals surface area contributed by atoms with E-state index in [1.165, 1.54) is 7.11 Å². The number of ether oxygens (including phenoxy) is 1. The molecule has 1 aromatic heterocycles. The molecule has 0 saturated carbocycles. The van der Waals surface area contributed by atoms with E-state index in [2.05, 4.69) is 15.0 Å². The lowest BCUT2D eigenvalue weighted by Gasteiger charge is -2.01. The fourth-order valence-corrected chi connectivity index (χ4v) is 1.06. The Morgan fingerprint density at radius 2 is 1.94 bits per heavy atom. The number of methoxy groups -OCH3 is 1. The van der Waals surface area contributed by atoms with Gasteiger partial charge in [-0.05, 0) is 23.8 Å². The molecule has 1 rings (SSSR count). The molecule has 0 aromatic carbocycles. The Bertz CT molecular complexity index is 468. The van der Waals surface area contributed by atoms with Gasteiger partial charge in [-0.2, -0.15) is 0 Å². The second kappa shape index (κ2) is 6.95. The van der Waals surface area contributed by atoms with Gasteiger partial charge < -0.3 is 10.1 Å². The van der Waals surface area contributed by atoms with E-state index in [1.54, 1.807) is 24.5 Å². The van der Waals surface area contributed by atoms with Gasteiger partial charge in [-0.3, -0.25) is 14.6 Å². The summed E-state index contributed by atoms with van der Waals surface area (Å²) in [4.78, 5) is 37.1. The molecule has 0 aliphatic heterocycles. The molecule has 0 unspecified atom stereocenters. The Morgan fingerprint density at radius 1 is 1.28 bits per heavy atom. The van der Waals surface area contributed by atoms with Gasteiger partial charge in [-0.25, -0.2) is 4.79 Å². The van der Waals surface area contributed by atoms with Gasteiger partial charge in [0, 0.05) is 25.0 Å². The first kappa shape index (κ1) is 13.6. The number of esters is 1. The fraction of sp³-hybridized carbons (Fsp3) is 0.167. The highest BCUT2D eigenvalue weighted by atomic mass is 16.5. The van der Waals surface area contributed by atoms with Crippen molar-refractivity contribution in [1.29, 1.82) is 0 Å². The van der Waals surface area contributed by atoms with Crippen LogP contribution >= 0.6 is 0 Å². The minimum absolute atomic E-state index is 0.221. The zero-order valence-corrected chi connectivity index (χ0v) is 9.75. The van der Waals surface area contributed by atoms with E-state index < -0.39 is 17.7 Å². The Balaban J connectivity index is 2.44. The molecule has 6 heteroatoms. The van der Waals surface area contributed by atoms with Gasteiger partial charge in [0.2, 0.25) is 5.78 Å². The number of rotatable bonds is 5. The fourth-order valence-electron chi connectivity index (χ4n) is 1.06. The maximum Gasteiger partial charge on any atom is 0.330 e. The zero-order valence-electron chi connectivity index (χ0n) is 9.75. The largest absolute Gasteiger partial charge is 0.466 e. The zero-order chi connectivity index (χ0) is 13.4. The summed E-state index contributed by atoms with van der Waals surface area (Å²) < 4.78 is 4.29. The lowest BCUT2D eigenvalue weighted by molar-refractivity contribution is -0.136. The van der Waals surface area contributed by atoms with Crippen molar-refractivity contribution in [3.05, 3.63) is 42.2 Å². The van der Waals surface area contributed by atoms with E-state index >= 15 is 0 Å². The first-order valence-corrected chi connectivity index (χ1v) is 5.10. The molecule has 0 aliphatic rings. The van der Waals surface area contributed by atoms with Gasteiger partial charge in [-0.1, -0.05) is 0 Å². The molecule has 18 heavy (non-hydrogen) atoms. The minimum atomic E-state index is -0.811. The van der Waals surface area contributed by atoms with Crippen molar-refractivity contribution in [2.24, 2.45) is 0 Å². The minimum Gasteiger partial charge on any atom is -0.466 e. The summed E-state index contributed by atoms with van der Waals surface area (Å²) in [5.41, 5.74) is 0.822. The van der Waals surface area contributed by atoms with E-state index in [4.69, 9.17) is 0 Å². The van der Waals surface area contributed by atoms with Crippen molar-refractivity contribution in [2.75, 3.05) is 7.11 Å². The molecule has 1 heterocycles. The SMILES string of the molecule is COC(=O)/C=C/C(=O)C(=O)NCc1ccncc1. The molecule has 94 valence electrons. The highest BCUT2D eigenvalue weighted by Gasteiger charge is 2.09. The lowest BCUT2D eigenvalue weighted by Crippen LogP contribution is -2.29. The summed E-state index contributed by atoms with van der Waals surface area (Å²) in [5, 5.41) is 2.42. The number of aromatic nitrogens is 1. The molecule has 1 N–H and O–H groups in total. The van der Waals surface area contributed by atoms with Crippen LogP contribution in [0, 0.1) is 0 Å². The van der Waals surface area contributed by atoms with Crippen molar-refractivity contribution in [3.8, 4) is 0 Å². The normalized spacial score (nSPS) is 10.1. The van der Waals surface area contributed by atoms with Crippen LogP contribution in [-0.2, 0) is 25.7 Å². The number of nitrogens with one attached hydrogen (secondary N) is 1. The predicted molar refractivity (Wildman–Crippen MR) is 62.2 cm³/mol. The average Bonchev–Trinajstić information content (AvgIpc) is 2.42. The lowest BCUT2D eigenvalue weighted by atomic mass is 10.2. The smallest absolute Gasteiger partial charge is 0.330 e. The van der Waals surface area contributed by atoms with Crippen molar-refractivity contribution in [1.82, 2.24) is 10.3 Å². The molecule has 0 aliphatic carbocycles. The molecule has 0 fully saturated rings. The molecular formula is C12H12N2O4. The first-order valence-electron chi connectivity index (χ1n) is 5.10. The summed E-state index contributed by atoms with van der Waals surface area (Å²) in [6.45, 7) is 0.221. The van der Waals surface area contributed by atoms with Gasteiger partial charge in [0.1, 0.15) is 0 Å². The van der Waals surface area contributed by atoms with Crippen LogP contribution in [0.3, 0.4) is 0 Å². The Hall–Kier alpha value is -2.50. The van der Waals surface area contributed by atoms with Crippen LogP contribution in [0.2, 0.25) is 0 Å². The third-order valence-corrected chi connectivity index (χ3v) is 2.00. The molecular weight excluding hydrogens is 236 g/mol. The molecule has 1 amide bonds. The number of hydrogen-bond acceptors (Lipinski definition) is 5. The van der Waals surface area contributed by atoms with Crippen LogP contribution in [0.15, 0.2) is 36.7 Å². The quantitative estimate of drug-likeness (QED) is 0.450. The van der Waals surface area contributed by atoms with E-state index in [-0.39, 0.29) is 6.54 Å². The summed E-state index contributed by atoms with van der Waals surface area (Å²) in [6, 6.07) is 3.43. The summed E-state index contributed by atoms with van der Waals surface area (Å²) in [5.74, 6) is -2.29. The summed E-state index contributed by atoms with van der Waals surface area (Å²) >= 11 is 0. The number of nitrogens with zero attached hydrogens (tertiary/aromatic N) is 1. The number of carbonyl (C=O) groups is 3. The van der Waals surface area contributed by atoms with Gasteiger partial charge in [0.25, 0.3) is 5.91 Å². The second-order valence-corrected chi connectivity index (χ2v) is 3.26. The van der Waals surface area contributed by atoms with Crippen LogP contribution < -0.4 is 5.32 Å². The van der Waals surface area contributed by atoms with Crippen LogP contribution in [0.1, 0.15) is 5.56 Å². The molecule has 0 bridgehead atoms. The number of amides is 1. The first-order chi connectivity index (χ1) is 8.63. The molecule has 0 spiro atoms. The maximum absolute atomic E-state index is 11.3. The maximum atomic E-state index is 11.3. The van der Waals surface area contributed by atoms with Crippen molar-refractivity contribution in [2.45, 2.75) is 6.54 Å².